The Kier molecular flexibility index (Phi) is 4.93. The van der Waals surface area contributed by atoms with E-state index in [9.17, 15) is 13.2 Å². The highest BCUT2D eigenvalue weighted by molar-refractivity contribution is 7.89. The maximum atomic E-state index is 12.7. The van der Waals surface area contributed by atoms with Gasteiger partial charge in [-0.2, -0.15) is 4.31 Å². The molecule has 0 bridgehead atoms. The molecular formula is C15H18N4O3S2. The number of nitrogens with one attached hydrogen (secondary N) is 1. The van der Waals surface area contributed by atoms with E-state index in [-0.39, 0.29) is 16.5 Å². The molecule has 0 radical (unpaired) electrons. The van der Waals surface area contributed by atoms with Gasteiger partial charge in [0.1, 0.15) is 0 Å². The van der Waals surface area contributed by atoms with E-state index < -0.39 is 10.0 Å². The van der Waals surface area contributed by atoms with Crippen LogP contribution in [0.5, 0.6) is 0 Å². The second kappa shape index (κ2) is 6.96. The number of rotatable bonds is 4. The molecule has 1 aromatic carbocycles. The smallest absolute Gasteiger partial charge is 0.277 e. The number of benzene rings is 1. The molecule has 3 rings (SSSR count). The lowest BCUT2D eigenvalue weighted by atomic mass is 10.0. The van der Waals surface area contributed by atoms with Crippen molar-refractivity contribution in [1.82, 2.24) is 13.9 Å². The highest BCUT2D eigenvalue weighted by Gasteiger charge is 2.28. The minimum absolute atomic E-state index is 0.235. The summed E-state index contributed by atoms with van der Waals surface area (Å²) in [4.78, 5) is 12.1. The van der Waals surface area contributed by atoms with Crippen LogP contribution in [0.15, 0.2) is 34.5 Å². The molecule has 1 amide bonds. The molecule has 128 valence electrons. The van der Waals surface area contributed by atoms with E-state index in [1.165, 1.54) is 16.4 Å². The minimum atomic E-state index is -3.48. The third-order valence-corrected chi connectivity index (χ3v) is 6.35. The van der Waals surface area contributed by atoms with Crippen molar-refractivity contribution in [3.05, 3.63) is 35.3 Å². The van der Waals surface area contributed by atoms with Crippen LogP contribution in [0.25, 0.3) is 0 Å². The van der Waals surface area contributed by atoms with Gasteiger partial charge in [-0.1, -0.05) is 11.4 Å². The summed E-state index contributed by atoms with van der Waals surface area (Å²) >= 11 is 1.09. The standard InChI is InChI=1S/C15H18N4O3S2/c1-11-3-2-8-19(9-11)24(21,22)13-6-4-12(5-7-13)16-15(20)14-10-23-18-17-14/h4-7,10-11H,2-3,8-9H2,1H3,(H,16,20)/t11-/m0/s1. The zero-order valence-electron chi connectivity index (χ0n) is 13.2. The summed E-state index contributed by atoms with van der Waals surface area (Å²) in [5.41, 5.74) is 0.748. The van der Waals surface area contributed by atoms with Crippen molar-refractivity contribution >= 4 is 33.2 Å². The molecule has 1 aliphatic rings. The summed E-state index contributed by atoms with van der Waals surface area (Å²) < 4.78 is 30.5. The van der Waals surface area contributed by atoms with Crippen LogP contribution in [-0.4, -0.2) is 41.3 Å². The van der Waals surface area contributed by atoms with Crippen LogP contribution in [0.1, 0.15) is 30.3 Å². The number of piperidine rings is 1. The van der Waals surface area contributed by atoms with Crippen molar-refractivity contribution in [1.29, 1.82) is 0 Å². The van der Waals surface area contributed by atoms with Gasteiger partial charge >= 0.3 is 0 Å². The molecule has 1 saturated heterocycles. The SMILES string of the molecule is C[C@H]1CCCN(S(=O)(=O)c2ccc(NC(=O)c3csnn3)cc2)C1. The quantitative estimate of drug-likeness (QED) is 0.896. The first kappa shape index (κ1) is 17.0. The fourth-order valence-corrected chi connectivity index (χ4v) is 4.72. The van der Waals surface area contributed by atoms with Crippen LogP contribution in [0.4, 0.5) is 5.69 Å². The molecule has 0 aliphatic carbocycles. The fraction of sp³-hybridized carbons (Fsp3) is 0.400. The largest absolute Gasteiger partial charge is 0.321 e. The molecule has 0 saturated carbocycles. The van der Waals surface area contributed by atoms with Gasteiger partial charge in [-0.15, -0.1) is 5.10 Å². The van der Waals surface area contributed by atoms with Crippen molar-refractivity contribution in [2.75, 3.05) is 18.4 Å². The second-order valence-corrected chi connectivity index (χ2v) is 8.43. The summed E-state index contributed by atoms with van der Waals surface area (Å²) in [7, 11) is -3.48. The van der Waals surface area contributed by atoms with Crippen molar-refractivity contribution in [2.24, 2.45) is 5.92 Å². The highest BCUT2D eigenvalue weighted by atomic mass is 32.2. The summed E-state index contributed by atoms with van der Waals surface area (Å²) in [6.07, 6.45) is 1.94. The maximum absolute atomic E-state index is 12.7. The highest BCUT2D eigenvalue weighted by Crippen LogP contribution is 2.24. The lowest BCUT2D eigenvalue weighted by molar-refractivity contribution is 0.102. The van der Waals surface area contributed by atoms with Crippen LogP contribution in [-0.2, 0) is 10.0 Å². The van der Waals surface area contributed by atoms with Crippen LogP contribution < -0.4 is 5.32 Å². The number of aromatic nitrogens is 2. The number of nitrogens with zero attached hydrogens (tertiary/aromatic N) is 3. The van der Waals surface area contributed by atoms with Gasteiger partial charge in [-0.3, -0.25) is 4.79 Å². The van der Waals surface area contributed by atoms with Crippen LogP contribution in [0.3, 0.4) is 0 Å². The van der Waals surface area contributed by atoms with E-state index >= 15 is 0 Å². The Bertz CT molecular complexity index is 804. The molecule has 2 aromatic rings. The van der Waals surface area contributed by atoms with Gasteiger partial charge in [0.15, 0.2) is 5.69 Å². The summed E-state index contributed by atoms with van der Waals surface area (Å²) in [6.45, 7) is 3.17. The van der Waals surface area contributed by atoms with Crippen molar-refractivity contribution < 1.29 is 13.2 Å². The first-order valence-corrected chi connectivity index (χ1v) is 9.93. The predicted octanol–water partition coefficient (Wildman–Crippen LogP) is 2.21. The van der Waals surface area contributed by atoms with E-state index in [4.69, 9.17) is 0 Å². The first-order chi connectivity index (χ1) is 11.5. The summed E-state index contributed by atoms with van der Waals surface area (Å²) in [6, 6.07) is 6.20. The number of sulfonamides is 1. The molecule has 2 heterocycles. The van der Waals surface area contributed by atoms with E-state index in [1.807, 2.05) is 0 Å². The second-order valence-electron chi connectivity index (χ2n) is 5.88. The molecule has 24 heavy (non-hydrogen) atoms. The number of hydrogen-bond acceptors (Lipinski definition) is 6. The third kappa shape index (κ3) is 3.63. The Morgan fingerprint density at radius 3 is 2.71 bits per heavy atom. The van der Waals surface area contributed by atoms with Crippen LogP contribution in [0.2, 0.25) is 0 Å². The number of amides is 1. The van der Waals surface area contributed by atoms with Crippen molar-refractivity contribution in [3.8, 4) is 0 Å². The predicted molar refractivity (Wildman–Crippen MR) is 91.5 cm³/mol. The fourth-order valence-electron chi connectivity index (χ4n) is 2.68. The lowest BCUT2D eigenvalue weighted by Gasteiger charge is -2.30. The Balaban J connectivity index is 1.73. The normalized spacial score (nSPS) is 19.1. The van der Waals surface area contributed by atoms with Gasteiger partial charge in [0.05, 0.1) is 4.90 Å². The van der Waals surface area contributed by atoms with Crippen molar-refractivity contribution in [3.63, 3.8) is 0 Å². The van der Waals surface area contributed by atoms with Gasteiger partial charge in [0.2, 0.25) is 10.0 Å². The maximum Gasteiger partial charge on any atom is 0.277 e. The topological polar surface area (TPSA) is 92.3 Å². The first-order valence-electron chi connectivity index (χ1n) is 7.65. The number of hydrogen-bond donors (Lipinski definition) is 1. The molecular weight excluding hydrogens is 348 g/mol. The van der Waals surface area contributed by atoms with Gasteiger partial charge in [0.25, 0.3) is 5.91 Å². The Hall–Kier alpha value is -1.84. The molecule has 0 unspecified atom stereocenters. The molecule has 9 heteroatoms. The average Bonchev–Trinajstić information content (AvgIpc) is 3.10. The van der Waals surface area contributed by atoms with Gasteiger partial charge in [-0.05, 0) is 54.6 Å². The zero-order chi connectivity index (χ0) is 17.2. The van der Waals surface area contributed by atoms with E-state index in [2.05, 4.69) is 21.8 Å². The monoisotopic (exact) mass is 366 g/mol. The molecule has 1 N–H and O–H groups in total. The van der Waals surface area contributed by atoms with Gasteiger partial charge in [-0.25, -0.2) is 8.42 Å². The molecule has 7 nitrogen and oxygen atoms in total. The third-order valence-electron chi connectivity index (χ3n) is 3.96. The molecule has 1 atom stereocenters. The van der Waals surface area contributed by atoms with Crippen LogP contribution >= 0.6 is 11.5 Å². The average molecular weight is 366 g/mol. The van der Waals surface area contributed by atoms with Gasteiger partial charge < -0.3 is 5.32 Å². The van der Waals surface area contributed by atoms with E-state index in [0.717, 1.165) is 24.4 Å². The van der Waals surface area contributed by atoms with Gasteiger partial charge in [0, 0.05) is 24.2 Å². The molecule has 0 spiro atoms. The Morgan fingerprint density at radius 2 is 2.08 bits per heavy atom. The van der Waals surface area contributed by atoms with Crippen molar-refractivity contribution in [2.45, 2.75) is 24.7 Å². The Morgan fingerprint density at radius 1 is 1.33 bits per heavy atom. The number of anilines is 1. The number of carbonyl (C=O) groups is 1. The summed E-state index contributed by atoms with van der Waals surface area (Å²) in [5, 5.41) is 7.90. The number of carbonyl (C=O) groups excluding carboxylic acids is 1. The molecule has 1 fully saturated rings. The molecule has 1 aromatic heterocycles. The zero-order valence-corrected chi connectivity index (χ0v) is 14.8. The van der Waals surface area contributed by atoms with E-state index in [1.54, 1.807) is 17.5 Å². The summed E-state index contributed by atoms with van der Waals surface area (Å²) in [5.74, 6) is 0.00280. The molecule has 1 aliphatic heterocycles. The minimum Gasteiger partial charge on any atom is -0.321 e. The lowest BCUT2D eigenvalue weighted by Crippen LogP contribution is -2.39. The van der Waals surface area contributed by atoms with Crippen LogP contribution in [0, 0.1) is 5.92 Å². The van der Waals surface area contributed by atoms with E-state index in [0.29, 0.717) is 24.7 Å². The Labute approximate surface area is 144 Å².